The largest absolute Gasteiger partial charge is 0.347 e. The predicted octanol–water partition coefficient (Wildman–Crippen LogP) is 3.59. The number of carbonyl (C=O) groups is 1. The van der Waals surface area contributed by atoms with Crippen LogP contribution >= 0.6 is 33.9 Å². The lowest BCUT2D eigenvalue weighted by Gasteiger charge is -2.05. The monoisotopic (exact) mass is 357 g/mol. The lowest BCUT2D eigenvalue weighted by atomic mass is 10.2. The van der Waals surface area contributed by atoms with E-state index >= 15 is 0 Å². The Hall–Kier alpha value is -0.880. The Morgan fingerprint density at radius 2 is 2.24 bits per heavy atom. The minimum Gasteiger partial charge on any atom is -0.347 e. The molecule has 1 amide bonds. The van der Waals surface area contributed by atoms with Gasteiger partial charge in [-0.1, -0.05) is 6.07 Å². The van der Waals surface area contributed by atoms with Crippen molar-refractivity contribution in [3.8, 4) is 0 Å². The summed E-state index contributed by atoms with van der Waals surface area (Å²) in [7, 11) is 0. The van der Waals surface area contributed by atoms with Crippen LogP contribution < -0.4 is 5.32 Å². The van der Waals surface area contributed by atoms with E-state index in [-0.39, 0.29) is 5.91 Å². The van der Waals surface area contributed by atoms with Gasteiger partial charge in [-0.15, -0.1) is 11.3 Å². The Kier molecular flexibility index (Phi) is 4.17. The molecule has 0 unspecified atom stereocenters. The fraction of sp³-hybridized carbons (Fsp3) is 0.154. The molecule has 88 valence electrons. The van der Waals surface area contributed by atoms with Gasteiger partial charge in [0.15, 0.2) is 0 Å². The van der Waals surface area contributed by atoms with Gasteiger partial charge in [-0.05, 0) is 64.7 Å². The van der Waals surface area contributed by atoms with Crippen LogP contribution in [-0.4, -0.2) is 5.91 Å². The minimum atomic E-state index is -0.0173. The Morgan fingerprint density at radius 1 is 1.41 bits per heavy atom. The van der Waals surface area contributed by atoms with Gasteiger partial charge < -0.3 is 5.32 Å². The third-order valence-electron chi connectivity index (χ3n) is 2.46. The second-order valence-electron chi connectivity index (χ2n) is 3.72. The van der Waals surface area contributed by atoms with Crippen LogP contribution in [-0.2, 0) is 6.54 Å². The Balaban J connectivity index is 2.01. The van der Waals surface area contributed by atoms with Crippen molar-refractivity contribution in [1.82, 2.24) is 5.32 Å². The predicted molar refractivity (Wildman–Crippen MR) is 79.4 cm³/mol. The smallest absolute Gasteiger partial charge is 0.251 e. The molecule has 17 heavy (non-hydrogen) atoms. The van der Waals surface area contributed by atoms with Gasteiger partial charge in [0.25, 0.3) is 5.91 Å². The van der Waals surface area contributed by atoms with E-state index in [9.17, 15) is 4.79 Å². The van der Waals surface area contributed by atoms with E-state index in [0.29, 0.717) is 12.1 Å². The van der Waals surface area contributed by atoms with Crippen LogP contribution in [0.5, 0.6) is 0 Å². The van der Waals surface area contributed by atoms with Crippen LogP contribution in [0.3, 0.4) is 0 Å². The highest BCUT2D eigenvalue weighted by atomic mass is 127. The number of carbonyl (C=O) groups excluding carboxylic acids is 1. The van der Waals surface area contributed by atoms with Crippen molar-refractivity contribution in [2.24, 2.45) is 0 Å². The summed E-state index contributed by atoms with van der Waals surface area (Å²) in [6.45, 7) is 2.66. The maximum atomic E-state index is 11.9. The molecule has 0 atom stereocenters. The zero-order valence-corrected chi connectivity index (χ0v) is 12.3. The number of amides is 1. The van der Waals surface area contributed by atoms with E-state index in [2.05, 4.69) is 40.9 Å². The molecule has 1 aromatic carbocycles. The number of hydrogen-bond acceptors (Lipinski definition) is 2. The first kappa shape index (κ1) is 12.6. The average Bonchev–Trinajstić information content (AvgIpc) is 2.72. The fourth-order valence-corrected chi connectivity index (χ4v) is 2.87. The maximum Gasteiger partial charge on any atom is 0.251 e. The lowest BCUT2D eigenvalue weighted by molar-refractivity contribution is 0.0951. The van der Waals surface area contributed by atoms with Crippen molar-refractivity contribution in [2.75, 3.05) is 0 Å². The van der Waals surface area contributed by atoms with Gasteiger partial charge >= 0.3 is 0 Å². The Morgan fingerprint density at radius 3 is 2.88 bits per heavy atom. The number of benzene rings is 1. The van der Waals surface area contributed by atoms with Crippen molar-refractivity contribution in [3.05, 3.63) is 55.3 Å². The highest BCUT2D eigenvalue weighted by Crippen LogP contribution is 2.15. The standard InChI is InChI=1S/C13H12INOS/c1-9-5-6-17-12(9)8-15-13(16)10-3-2-4-11(14)7-10/h2-7H,8H2,1H3,(H,15,16). The molecule has 0 aliphatic heterocycles. The SMILES string of the molecule is Cc1ccsc1CNC(=O)c1cccc(I)c1. The molecule has 2 nitrogen and oxygen atoms in total. The molecule has 0 saturated heterocycles. The van der Waals surface area contributed by atoms with Gasteiger partial charge in [-0.2, -0.15) is 0 Å². The van der Waals surface area contributed by atoms with E-state index in [0.717, 1.165) is 3.57 Å². The summed E-state index contributed by atoms with van der Waals surface area (Å²) in [5.41, 5.74) is 1.95. The molecule has 0 fully saturated rings. The average molecular weight is 357 g/mol. The second-order valence-corrected chi connectivity index (χ2v) is 5.97. The number of halogens is 1. The second kappa shape index (κ2) is 5.64. The van der Waals surface area contributed by atoms with Crippen LogP contribution in [0.1, 0.15) is 20.8 Å². The molecule has 4 heteroatoms. The van der Waals surface area contributed by atoms with Gasteiger partial charge in [0, 0.05) is 14.0 Å². The van der Waals surface area contributed by atoms with Gasteiger partial charge in [0.1, 0.15) is 0 Å². The highest BCUT2D eigenvalue weighted by Gasteiger charge is 2.06. The van der Waals surface area contributed by atoms with Crippen molar-refractivity contribution in [3.63, 3.8) is 0 Å². The Bertz CT molecular complexity index is 536. The van der Waals surface area contributed by atoms with Crippen LogP contribution in [0.2, 0.25) is 0 Å². The number of rotatable bonds is 3. The van der Waals surface area contributed by atoms with E-state index in [4.69, 9.17) is 0 Å². The first-order valence-corrected chi connectivity index (χ1v) is 7.19. The van der Waals surface area contributed by atoms with E-state index in [1.165, 1.54) is 10.4 Å². The zero-order valence-electron chi connectivity index (χ0n) is 9.37. The summed E-state index contributed by atoms with van der Waals surface area (Å²) in [4.78, 5) is 13.1. The molecule has 0 radical (unpaired) electrons. The highest BCUT2D eigenvalue weighted by molar-refractivity contribution is 14.1. The van der Waals surface area contributed by atoms with Gasteiger partial charge in [0.2, 0.25) is 0 Å². The maximum absolute atomic E-state index is 11.9. The van der Waals surface area contributed by atoms with Crippen molar-refractivity contribution in [2.45, 2.75) is 13.5 Å². The van der Waals surface area contributed by atoms with E-state index in [1.807, 2.05) is 29.6 Å². The zero-order chi connectivity index (χ0) is 12.3. The van der Waals surface area contributed by atoms with Crippen molar-refractivity contribution < 1.29 is 4.79 Å². The molecule has 0 saturated carbocycles. The van der Waals surface area contributed by atoms with Gasteiger partial charge in [-0.3, -0.25) is 4.79 Å². The topological polar surface area (TPSA) is 29.1 Å². The molecule has 2 rings (SSSR count). The molecule has 1 N–H and O–H groups in total. The summed E-state index contributed by atoms with van der Waals surface area (Å²) in [5, 5.41) is 4.98. The molecular weight excluding hydrogens is 345 g/mol. The fourth-order valence-electron chi connectivity index (χ4n) is 1.48. The van der Waals surface area contributed by atoms with Crippen molar-refractivity contribution in [1.29, 1.82) is 0 Å². The van der Waals surface area contributed by atoms with Crippen molar-refractivity contribution >= 4 is 39.8 Å². The van der Waals surface area contributed by atoms with Gasteiger partial charge in [-0.25, -0.2) is 0 Å². The van der Waals surface area contributed by atoms with Crippen LogP contribution in [0.15, 0.2) is 35.7 Å². The number of hydrogen-bond donors (Lipinski definition) is 1. The number of aryl methyl sites for hydroxylation is 1. The van der Waals surface area contributed by atoms with Gasteiger partial charge in [0.05, 0.1) is 6.54 Å². The summed E-state index contributed by atoms with van der Waals surface area (Å²) in [5.74, 6) is -0.0173. The molecule has 0 aliphatic rings. The third-order valence-corrected chi connectivity index (χ3v) is 4.16. The molecule has 0 aliphatic carbocycles. The third kappa shape index (κ3) is 3.29. The lowest BCUT2D eigenvalue weighted by Crippen LogP contribution is -2.22. The molecule has 0 bridgehead atoms. The molecule has 1 aromatic heterocycles. The molecular formula is C13H12INOS. The minimum absolute atomic E-state index is 0.0173. The Labute approximate surface area is 118 Å². The normalized spacial score (nSPS) is 10.2. The summed E-state index contributed by atoms with van der Waals surface area (Å²) < 4.78 is 1.07. The first-order chi connectivity index (χ1) is 8.16. The molecule has 0 spiro atoms. The van der Waals surface area contributed by atoms with E-state index < -0.39 is 0 Å². The molecule has 2 aromatic rings. The molecule has 1 heterocycles. The summed E-state index contributed by atoms with van der Waals surface area (Å²) in [6, 6.07) is 9.65. The summed E-state index contributed by atoms with van der Waals surface area (Å²) in [6.07, 6.45) is 0. The van der Waals surface area contributed by atoms with Crippen LogP contribution in [0.25, 0.3) is 0 Å². The number of thiophene rings is 1. The van der Waals surface area contributed by atoms with Crippen LogP contribution in [0, 0.1) is 10.5 Å². The summed E-state index contributed by atoms with van der Waals surface area (Å²) >= 11 is 3.88. The van der Waals surface area contributed by atoms with E-state index in [1.54, 1.807) is 11.3 Å². The van der Waals surface area contributed by atoms with Crippen LogP contribution in [0.4, 0.5) is 0 Å². The first-order valence-electron chi connectivity index (χ1n) is 5.23. The quantitative estimate of drug-likeness (QED) is 0.836. The number of nitrogens with one attached hydrogen (secondary N) is 1.